The van der Waals surface area contributed by atoms with Gasteiger partial charge in [0.15, 0.2) is 6.61 Å². The number of nitrogens with zero attached hydrogens (tertiary/aromatic N) is 1. The zero-order valence-corrected chi connectivity index (χ0v) is 20.4. The summed E-state index contributed by atoms with van der Waals surface area (Å²) < 4.78 is 43.0. The summed E-state index contributed by atoms with van der Waals surface area (Å²) in [4.78, 5) is 24.5. The smallest absolute Gasteiger partial charge is 0.338 e. The van der Waals surface area contributed by atoms with Crippen LogP contribution in [-0.4, -0.2) is 52.5 Å². The standard InChI is InChI=1S/C25H26N2O7S/c1-27(16-18-7-5-4-6-8-18)35(30,31)23-15-19(9-14-22(23)33-3)25(29)34-17-24(28)26-20-10-12-21(32-2)13-11-20/h4-15H,16-17H2,1-3H3,(H,26,28). The number of amides is 1. The number of sulfonamides is 1. The van der Waals surface area contributed by atoms with Crippen LogP contribution in [0.3, 0.4) is 0 Å². The molecule has 0 heterocycles. The second-order valence-corrected chi connectivity index (χ2v) is 9.48. The molecule has 184 valence electrons. The normalized spacial score (nSPS) is 11.1. The molecule has 10 heteroatoms. The fourth-order valence-electron chi connectivity index (χ4n) is 3.18. The lowest BCUT2D eigenvalue weighted by molar-refractivity contribution is -0.119. The van der Waals surface area contributed by atoms with Gasteiger partial charge in [0, 0.05) is 19.3 Å². The van der Waals surface area contributed by atoms with Crippen molar-refractivity contribution in [3.63, 3.8) is 0 Å². The minimum absolute atomic E-state index is 0.0327. The number of carbonyl (C=O) groups is 2. The Bertz CT molecular complexity index is 1280. The lowest BCUT2D eigenvalue weighted by Gasteiger charge is -2.19. The summed E-state index contributed by atoms with van der Waals surface area (Å²) in [5.41, 5.74) is 1.27. The molecule has 1 N–H and O–H groups in total. The van der Waals surface area contributed by atoms with Crippen molar-refractivity contribution < 1.29 is 32.2 Å². The molecule has 0 saturated carbocycles. The predicted molar refractivity (Wildman–Crippen MR) is 130 cm³/mol. The lowest BCUT2D eigenvalue weighted by atomic mass is 10.2. The molecule has 0 aromatic heterocycles. The van der Waals surface area contributed by atoms with Crippen LogP contribution in [0.25, 0.3) is 0 Å². The van der Waals surface area contributed by atoms with Gasteiger partial charge in [0.2, 0.25) is 10.0 Å². The van der Waals surface area contributed by atoms with Crippen LogP contribution in [0.2, 0.25) is 0 Å². The quantitative estimate of drug-likeness (QED) is 0.427. The third-order valence-electron chi connectivity index (χ3n) is 5.04. The molecule has 0 unspecified atom stereocenters. The second kappa shape index (κ2) is 11.5. The topological polar surface area (TPSA) is 111 Å². The van der Waals surface area contributed by atoms with Crippen molar-refractivity contribution in [2.75, 3.05) is 33.2 Å². The first kappa shape index (κ1) is 25.7. The highest BCUT2D eigenvalue weighted by Gasteiger charge is 2.27. The molecule has 0 radical (unpaired) electrons. The van der Waals surface area contributed by atoms with Gasteiger partial charge in [-0.05, 0) is 48.0 Å². The Morgan fingerprint density at radius 2 is 1.60 bits per heavy atom. The largest absolute Gasteiger partial charge is 0.497 e. The number of hydrogen-bond donors (Lipinski definition) is 1. The summed E-state index contributed by atoms with van der Waals surface area (Å²) in [7, 11) is 0.310. The van der Waals surface area contributed by atoms with Gasteiger partial charge in [0.25, 0.3) is 5.91 Å². The number of carbonyl (C=O) groups excluding carboxylic acids is 2. The first-order valence-corrected chi connectivity index (χ1v) is 12.0. The molecule has 1 amide bonds. The molecule has 0 atom stereocenters. The predicted octanol–water partition coefficient (Wildman–Crippen LogP) is 3.32. The highest BCUT2D eigenvalue weighted by Crippen LogP contribution is 2.28. The highest BCUT2D eigenvalue weighted by atomic mass is 32.2. The summed E-state index contributed by atoms with van der Waals surface area (Å²) in [5.74, 6) is -0.681. The number of anilines is 1. The summed E-state index contributed by atoms with van der Waals surface area (Å²) in [6.45, 7) is -0.417. The number of hydrogen-bond acceptors (Lipinski definition) is 7. The van der Waals surface area contributed by atoms with E-state index in [2.05, 4.69) is 5.32 Å². The summed E-state index contributed by atoms with van der Waals surface area (Å²) >= 11 is 0. The van der Waals surface area contributed by atoms with E-state index in [1.165, 1.54) is 39.5 Å². The van der Waals surface area contributed by atoms with E-state index in [0.29, 0.717) is 11.4 Å². The SMILES string of the molecule is COc1ccc(NC(=O)COC(=O)c2ccc(OC)c(S(=O)(=O)N(C)Cc3ccccc3)c2)cc1. The van der Waals surface area contributed by atoms with Crippen LogP contribution in [0, 0.1) is 0 Å². The zero-order valence-electron chi connectivity index (χ0n) is 19.6. The van der Waals surface area contributed by atoms with Crippen molar-refractivity contribution in [1.29, 1.82) is 0 Å². The molecule has 3 aromatic rings. The first-order chi connectivity index (χ1) is 16.7. The summed E-state index contributed by atoms with van der Waals surface area (Å²) in [6, 6.07) is 19.7. The average molecular weight is 499 g/mol. The van der Waals surface area contributed by atoms with Gasteiger partial charge >= 0.3 is 5.97 Å². The number of ether oxygens (including phenoxy) is 3. The Balaban J connectivity index is 1.70. The Kier molecular flexibility index (Phi) is 8.45. The average Bonchev–Trinajstić information content (AvgIpc) is 2.87. The maximum absolute atomic E-state index is 13.2. The zero-order chi connectivity index (χ0) is 25.4. The monoisotopic (exact) mass is 498 g/mol. The van der Waals surface area contributed by atoms with Crippen molar-refractivity contribution in [2.24, 2.45) is 0 Å². The van der Waals surface area contributed by atoms with E-state index in [9.17, 15) is 18.0 Å². The van der Waals surface area contributed by atoms with Crippen LogP contribution in [0.5, 0.6) is 11.5 Å². The van der Waals surface area contributed by atoms with Gasteiger partial charge in [-0.1, -0.05) is 30.3 Å². The molecule has 3 aromatic carbocycles. The molecule has 0 aliphatic rings. The van der Waals surface area contributed by atoms with E-state index in [0.717, 1.165) is 9.87 Å². The van der Waals surface area contributed by atoms with Crippen LogP contribution in [-0.2, 0) is 26.1 Å². The fraction of sp³-hybridized carbons (Fsp3) is 0.200. The van der Waals surface area contributed by atoms with E-state index in [4.69, 9.17) is 14.2 Å². The van der Waals surface area contributed by atoms with Crippen LogP contribution in [0.15, 0.2) is 77.7 Å². The van der Waals surface area contributed by atoms with Crippen molar-refractivity contribution in [2.45, 2.75) is 11.4 Å². The van der Waals surface area contributed by atoms with E-state index < -0.39 is 28.5 Å². The Morgan fingerprint density at radius 3 is 2.23 bits per heavy atom. The number of nitrogens with one attached hydrogen (secondary N) is 1. The first-order valence-electron chi connectivity index (χ1n) is 10.5. The van der Waals surface area contributed by atoms with E-state index in [-0.39, 0.29) is 22.8 Å². The van der Waals surface area contributed by atoms with E-state index in [1.54, 1.807) is 24.3 Å². The van der Waals surface area contributed by atoms with Crippen LogP contribution in [0.4, 0.5) is 5.69 Å². The van der Waals surface area contributed by atoms with E-state index in [1.807, 2.05) is 30.3 Å². The summed E-state index contributed by atoms with van der Waals surface area (Å²) in [5, 5.41) is 2.60. The third-order valence-corrected chi connectivity index (χ3v) is 6.87. The highest BCUT2D eigenvalue weighted by molar-refractivity contribution is 7.89. The van der Waals surface area contributed by atoms with Gasteiger partial charge in [-0.3, -0.25) is 4.79 Å². The van der Waals surface area contributed by atoms with Gasteiger partial charge in [-0.25, -0.2) is 13.2 Å². The Labute approximate surface area is 204 Å². The van der Waals surface area contributed by atoms with Gasteiger partial charge in [-0.15, -0.1) is 0 Å². The third kappa shape index (κ3) is 6.58. The second-order valence-electron chi connectivity index (χ2n) is 7.47. The van der Waals surface area contributed by atoms with Crippen molar-refractivity contribution in [1.82, 2.24) is 4.31 Å². The minimum atomic E-state index is -4.00. The van der Waals surface area contributed by atoms with Gasteiger partial charge in [-0.2, -0.15) is 4.31 Å². The molecule has 0 aliphatic heterocycles. The van der Waals surface area contributed by atoms with Crippen molar-refractivity contribution >= 4 is 27.6 Å². The van der Waals surface area contributed by atoms with Crippen LogP contribution >= 0.6 is 0 Å². The Morgan fingerprint density at radius 1 is 0.914 bits per heavy atom. The fourth-order valence-corrected chi connectivity index (χ4v) is 4.52. The molecule has 0 spiro atoms. The molecule has 0 fully saturated rings. The molecule has 0 saturated heterocycles. The van der Waals surface area contributed by atoms with Crippen molar-refractivity contribution in [3.05, 3.63) is 83.9 Å². The molecule has 0 aliphatic carbocycles. The Hall–Kier alpha value is -3.89. The van der Waals surface area contributed by atoms with Gasteiger partial charge in [0.05, 0.1) is 19.8 Å². The molecular weight excluding hydrogens is 472 g/mol. The maximum Gasteiger partial charge on any atom is 0.338 e. The molecule has 35 heavy (non-hydrogen) atoms. The molecule has 9 nitrogen and oxygen atoms in total. The minimum Gasteiger partial charge on any atom is -0.497 e. The molecule has 0 bridgehead atoms. The summed E-state index contributed by atoms with van der Waals surface area (Å²) in [6.07, 6.45) is 0. The van der Waals surface area contributed by atoms with Crippen LogP contribution < -0.4 is 14.8 Å². The maximum atomic E-state index is 13.2. The van der Waals surface area contributed by atoms with Crippen LogP contribution in [0.1, 0.15) is 15.9 Å². The van der Waals surface area contributed by atoms with E-state index >= 15 is 0 Å². The van der Waals surface area contributed by atoms with Gasteiger partial charge < -0.3 is 19.5 Å². The molecule has 3 rings (SSSR count). The number of methoxy groups -OCH3 is 2. The van der Waals surface area contributed by atoms with Gasteiger partial charge in [0.1, 0.15) is 16.4 Å². The number of esters is 1. The van der Waals surface area contributed by atoms with Crippen molar-refractivity contribution in [3.8, 4) is 11.5 Å². The molecular formula is C25H26N2O7S. The lowest BCUT2D eigenvalue weighted by Crippen LogP contribution is -2.27. The number of rotatable bonds is 10. The number of benzene rings is 3.